The summed E-state index contributed by atoms with van der Waals surface area (Å²) in [5, 5.41) is 6.95. The first-order chi connectivity index (χ1) is 14.1. The summed E-state index contributed by atoms with van der Waals surface area (Å²) < 4.78 is 10.7. The maximum absolute atomic E-state index is 5.39. The molecule has 6 nitrogen and oxygen atoms in total. The number of aliphatic imine (C=N–C) groups is 1. The lowest BCUT2D eigenvalue weighted by molar-refractivity contribution is 0.354. The molecule has 1 aliphatic heterocycles. The first kappa shape index (κ1) is 20.8. The number of nitrogens with zero attached hydrogens (tertiary/aromatic N) is 2. The predicted octanol–water partition coefficient (Wildman–Crippen LogP) is 3.35. The molecule has 2 N–H and O–H groups in total. The lowest BCUT2D eigenvalue weighted by Gasteiger charge is -2.20. The van der Waals surface area contributed by atoms with Gasteiger partial charge in [-0.1, -0.05) is 23.8 Å². The van der Waals surface area contributed by atoms with Crippen LogP contribution in [0.5, 0.6) is 11.5 Å². The predicted molar refractivity (Wildman–Crippen MR) is 119 cm³/mol. The highest BCUT2D eigenvalue weighted by Crippen LogP contribution is 2.27. The Labute approximate surface area is 173 Å². The molecule has 0 spiro atoms. The molecule has 6 heteroatoms. The molecule has 0 bridgehead atoms. The largest absolute Gasteiger partial charge is 0.493 e. The van der Waals surface area contributed by atoms with Gasteiger partial charge in [-0.25, -0.2) is 4.99 Å². The number of ether oxygens (including phenoxy) is 2. The third-order valence-electron chi connectivity index (χ3n) is 5.14. The number of methoxy groups -OCH3 is 2. The van der Waals surface area contributed by atoms with Gasteiger partial charge in [0.25, 0.3) is 0 Å². The summed E-state index contributed by atoms with van der Waals surface area (Å²) in [5.41, 5.74) is 3.65. The van der Waals surface area contributed by atoms with E-state index in [1.807, 2.05) is 18.2 Å². The second-order valence-corrected chi connectivity index (χ2v) is 7.30. The van der Waals surface area contributed by atoms with E-state index in [-0.39, 0.29) is 0 Å². The van der Waals surface area contributed by atoms with Crippen LogP contribution in [-0.4, -0.2) is 45.9 Å². The molecule has 1 heterocycles. The Bertz CT molecular complexity index is 820. The zero-order valence-corrected chi connectivity index (χ0v) is 17.9. The van der Waals surface area contributed by atoms with Gasteiger partial charge in [0.05, 0.1) is 20.8 Å². The van der Waals surface area contributed by atoms with Gasteiger partial charge in [0, 0.05) is 31.4 Å². The summed E-state index contributed by atoms with van der Waals surface area (Å²) in [4.78, 5) is 7.19. The Hall–Kier alpha value is -2.89. The number of aryl methyl sites for hydroxylation is 1. The maximum atomic E-state index is 5.39. The maximum Gasteiger partial charge on any atom is 0.191 e. The monoisotopic (exact) mass is 396 g/mol. The minimum atomic E-state index is 0.375. The van der Waals surface area contributed by atoms with Crippen LogP contribution in [0.4, 0.5) is 5.69 Å². The van der Waals surface area contributed by atoms with Crippen molar-refractivity contribution in [2.75, 3.05) is 38.8 Å². The third kappa shape index (κ3) is 5.56. The summed E-state index contributed by atoms with van der Waals surface area (Å²) >= 11 is 0. The molecule has 3 rings (SSSR count). The Morgan fingerprint density at radius 2 is 1.86 bits per heavy atom. The molecule has 29 heavy (non-hydrogen) atoms. The van der Waals surface area contributed by atoms with Gasteiger partial charge < -0.3 is 25.0 Å². The van der Waals surface area contributed by atoms with Crippen LogP contribution >= 0.6 is 0 Å². The Morgan fingerprint density at radius 3 is 2.55 bits per heavy atom. The van der Waals surface area contributed by atoms with Gasteiger partial charge in [0.2, 0.25) is 0 Å². The SMILES string of the molecule is CCNC(=NCc1ccc(OC)c(OC)c1)NC1CCN(c2ccc(C)cc2)C1. The highest BCUT2D eigenvalue weighted by atomic mass is 16.5. The fourth-order valence-electron chi connectivity index (χ4n) is 3.53. The summed E-state index contributed by atoms with van der Waals surface area (Å²) in [6.45, 7) is 7.63. The zero-order valence-electron chi connectivity index (χ0n) is 17.9. The van der Waals surface area contributed by atoms with E-state index < -0.39 is 0 Å². The van der Waals surface area contributed by atoms with Crippen molar-refractivity contribution >= 4 is 11.6 Å². The number of anilines is 1. The molecule has 1 atom stereocenters. The van der Waals surface area contributed by atoms with Crippen molar-refractivity contribution in [3.8, 4) is 11.5 Å². The molecule has 2 aromatic carbocycles. The molecular formula is C23H32N4O2. The van der Waals surface area contributed by atoms with Gasteiger partial charge >= 0.3 is 0 Å². The molecule has 1 saturated heterocycles. The van der Waals surface area contributed by atoms with Crippen LogP contribution in [-0.2, 0) is 6.54 Å². The van der Waals surface area contributed by atoms with E-state index in [1.54, 1.807) is 14.2 Å². The van der Waals surface area contributed by atoms with Crippen LogP contribution < -0.4 is 25.0 Å². The average Bonchev–Trinajstić information content (AvgIpc) is 3.21. The number of rotatable bonds is 7. The fraction of sp³-hybridized carbons (Fsp3) is 0.435. The first-order valence-electron chi connectivity index (χ1n) is 10.2. The molecule has 1 unspecified atom stereocenters. The molecule has 0 aromatic heterocycles. The van der Waals surface area contributed by atoms with Crippen LogP contribution in [0.3, 0.4) is 0 Å². The molecule has 1 fully saturated rings. The van der Waals surface area contributed by atoms with Crippen molar-refractivity contribution in [1.82, 2.24) is 10.6 Å². The number of nitrogens with one attached hydrogen (secondary N) is 2. The molecule has 2 aromatic rings. The van der Waals surface area contributed by atoms with Crippen molar-refractivity contribution in [2.24, 2.45) is 4.99 Å². The third-order valence-corrected chi connectivity index (χ3v) is 5.14. The lowest BCUT2D eigenvalue weighted by Crippen LogP contribution is -2.44. The van der Waals surface area contributed by atoms with E-state index >= 15 is 0 Å². The molecule has 0 radical (unpaired) electrons. The Morgan fingerprint density at radius 1 is 1.10 bits per heavy atom. The van der Waals surface area contributed by atoms with E-state index in [9.17, 15) is 0 Å². The van der Waals surface area contributed by atoms with Crippen molar-refractivity contribution in [1.29, 1.82) is 0 Å². The first-order valence-corrected chi connectivity index (χ1v) is 10.2. The number of hydrogen-bond acceptors (Lipinski definition) is 4. The standard InChI is InChI=1S/C23H32N4O2/c1-5-24-23(25-15-18-8-11-21(28-3)22(14-18)29-4)26-19-12-13-27(16-19)20-9-6-17(2)7-10-20/h6-11,14,19H,5,12-13,15-16H2,1-4H3,(H2,24,25,26). The minimum Gasteiger partial charge on any atom is -0.493 e. The van der Waals surface area contributed by atoms with Crippen molar-refractivity contribution in [2.45, 2.75) is 32.9 Å². The highest BCUT2D eigenvalue weighted by molar-refractivity contribution is 5.80. The highest BCUT2D eigenvalue weighted by Gasteiger charge is 2.23. The second-order valence-electron chi connectivity index (χ2n) is 7.30. The van der Waals surface area contributed by atoms with Crippen molar-refractivity contribution in [3.05, 3.63) is 53.6 Å². The molecular weight excluding hydrogens is 364 g/mol. The smallest absolute Gasteiger partial charge is 0.191 e. The molecule has 1 aliphatic rings. The second kappa shape index (κ2) is 10.0. The quantitative estimate of drug-likeness (QED) is 0.555. The van der Waals surface area contributed by atoms with Crippen LogP contribution in [0.15, 0.2) is 47.5 Å². The zero-order chi connectivity index (χ0) is 20.6. The molecule has 156 valence electrons. The average molecular weight is 397 g/mol. The van der Waals surface area contributed by atoms with Gasteiger partial charge in [-0.15, -0.1) is 0 Å². The van der Waals surface area contributed by atoms with E-state index in [2.05, 4.69) is 53.6 Å². The number of guanidine groups is 1. The molecule has 0 aliphatic carbocycles. The molecule has 0 amide bonds. The Balaban J connectivity index is 1.62. The summed E-state index contributed by atoms with van der Waals surface area (Å²) in [7, 11) is 3.29. The van der Waals surface area contributed by atoms with E-state index in [0.717, 1.165) is 49.1 Å². The number of benzene rings is 2. The normalized spacial score (nSPS) is 16.6. The van der Waals surface area contributed by atoms with Gasteiger partial charge in [0.15, 0.2) is 17.5 Å². The van der Waals surface area contributed by atoms with Gasteiger partial charge in [0.1, 0.15) is 0 Å². The summed E-state index contributed by atoms with van der Waals surface area (Å²) in [6.07, 6.45) is 1.09. The summed E-state index contributed by atoms with van der Waals surface area (Å²) in [5.74, 6) is 2.30. The number of hydrogen-bond donors (Lipinski definition) is 2. The van der Waals surface area contributed by atoms with Crippen LogP contribution in [0, 0.1) is 6.92 Å². The summed E-state index contributed by atoms with van der Waals surface area (Å²) in [6, 6.07) is 15.0. The van der Waals surface area contributed by atoms with Gasteiger partial charge in [-0.2, -0.15) is 0 Å². The van der Waals surface area contributed by atoms with Gasteiger partial charge in [-0.05, 0) is 50.1 Å². The topological polar surface area (TPSA) is 58.1 Å². The molecule has 0 saturated carbocycles. The minimum absolute atomic E-state index is 0.375. The van der Waals surface area contributed by atoms with Gasteiger partial charge in [-0.3, -0.25) is 0 Å². The Kier molecular flexibility index (Phi) is 7.22. The van der Waals surface area contributed by atoms with E-state index in [4.69, 9.17) is 14.5 Å². The van der Waals surface area contributed by atoms with Crippen LogP contribution in [0.2, 0.25) is 0 Å². The lowest BCUT2D eigenvalue weighted by atomic mass is 10.2. The van der Waals surface area contributed by atoms with Crippen LogP contribution in [0.25, 0.3) is 0 Å². The van der Waals surface area contributed by atoms with Crippen molar-refractivity contribution < 1.29 is 9.47 Å². The van der Waals surface area contributed by atoms with E-state index in [0.29, 0.717) is 12.6 Å². The fourth-order valence-corrected chi connectivity index (χ4v) is 3.53. The van der Waals surface area contributed by atoms with Crippen molar-refractivity contribution in [3.63, 3.8) is 0 Å². The van der Waals surface area contributed by atoms with E-state index in [1.165, 1.54) is 11.3 Å². The van der Waals surface area contributed by atoms with Crippen LogP contribution in [0.1, 0.15) is 24.5 Å².